The van der Waals surface area contributed by atoms with Crippen LogP contribution in [0.2, 0.25) is 0 Å². The van der Waals surface area contributed by atoms with Gasteiger partial charge in [-0.1, -0.05) is 19.8 Å². The summed E-state index contributed by atoms with van der Waals surface area (Å²) in [4.78, 5) is 10.9. The summed E-state index contributed by atoms with van der Waals surface area (Å²) >= 11 is 0. The number of aliphatic carboxylic acids is 1. The third kappa shape index (κ3) is 8.20. The summed E-state index contributed by atoms with van der Waals surface area (Å²) in [5, 5.41) is 12.3. The molecule has 0 aliphatic heterocycles. The van der Waals surface area contributed by atoms with E-state index in [1.54, 1.807) is 0 Å². The highest BCUT2D eigenvalue weighted by molar-refractivity contribution is 5.85. The molecule has 5 heteroatoms. The van der Waals surface area contributed by atoms with Crippen molar-refractivity contribution in [3.8, 4) is 0 Å². The summed E-state index contributed by atoms with van der Waals surface area (Å²) in [5.74, 6) is -0.766. The summed E-state index contributed by atoms with van der Waals surface area (Å²) in [6.45, 7) is 2.96. The van der Waals surface area contributed by atoms with Crippen LogP contribution in [0.25, 0.3) is 0 Å². The molecule has 3 nitrogen and oxygen atoms in total. The Morgan fingerprint density at radius 2 is 2.00 bits per heavy atom. The molecule has 1 rings (SSSR count). The second kappa shape index (κ2) is 10.2. The van der Waals surface area contributed by atoms with E-state index in [-0.39, 0.29) is 30.7 Å². The van der Waals surface area contributed by atoms with Crippen molar-refractivity contribution in [1.82, 2.24) is 5.32 Å². The summed E-state index contributed by atoms with van der Waals surface area (Å²) < 4.78 is 0. The third-order valence-corrected chi connectivity index (χ3v) is 2.76. The van der Waals surface area contributed by atoms with Gasteiger partial charge >= 0.3 is 5.97 Å². The van der Waals surface area contributed by atoms with Crippen LogP contribution in [0.3, 0.4) is 0 Å². The van der Waals surface area contributed by atoms with Gasteiger partial charge in [0.15, 0.2) is 0 Å². The molecule has 1 fully saturated rings. The fourth-order valence-electron chi connectivity index (χ4n) is 1.59. The van der Waals surface area contributed by atoms with Crippen molar-refractivity contribution in [2.24, 2.45) is 5.92 Å². The lowest BCUT2D eigenvalue weighted by Gasteiger charge is -2.11. The summed E-state index contributed by atoms with van der Waals surface area (Å²) in [5.41, 5.74) is 0. The van der Waals surface area contributed by atoms with Crippen LogP contribution in [0.5, 0.6) is 0 Å². The van der Waals surface area contributed by atoms with Crippen LogP contribution in [0.1, 0.15) is 45.4 Å². The van der Waals surface area contributed by atoms with E-state index in [0.717, 1.165) is 32.2 Å². The van der Waals surface area contributed by atoms with Gasteiger partial charge in [0.1, 0.15) is 0 Å². The zero-order valence-electron chi connectivity index (χ0n) is 9.78. The second-order valence-electron chi connectivity index (χ2n) is 4.19. The SMILES string of the molecule is CCCCC(CCNC1CC1)C(=O)O.Cl.Cl. The van der Waals surface area contributed by atoms with Crippen molar-refractivity contribution in [3.05, 3.63) is 0 Å². The topological polar surface area (TPSA) is 49.3 Å². The van der Waals surface area contributed by atoms with E-state index in [2.05, 4.69) is 12.2 Å². The minimum Gasteiger partial charge on any atom is -0.481 e. The minimum atomic E-state index is -0.629. The minimum absolute atomic E-state index is 0. The Labute approximate surface area is 110 Å². The first-order valence-electron chi connectivity index (χ1n) is 5.70. The summed E-state index contributed by atoms with van der Waals surface area (Å²) in [6, 6.07) is 0.690. The maximum Gasteiger partial charge on any atom is 0.306 e. The van der Waals surface area contributed by atoms with Gasteiger partial charge in [0.25, 0.3) is 0 Å². The number of nitrogens with one attached hydrogen (secondary N) is 1. The molecule has 1 saturated carbocycles. The zero-order chi connectivity index (χ0) is 10.4. The number of unbranched alkanes of at least 4 members (excludes halogenated alkanes) is 1. The summed E-state index contributed by atoms with van der Waals surface area (Å²) in [7, 11) is 0. The molecule has 0 saturated heterocycles. The van der Waals surface area contributed by atoms with Gasteiger partial charge in [-0.3, -0.25) is 4.79 Å². The van der Waals surface area contributed by atoms with Crippen molar-refractivity contribution < 1.29 is 9.90 Å². The standard InChI is InChI=1S/C11H21NO2.2ClH/c1-2-3-4-9(11(13)14)7-8-12-10-5-6-10;;/h9-10,12H,2-8H2,1H3,(H,13,14);2*1H. The lowest BCUT2D eigenvalue weighted by Crippen LogP contribution is -2.23. The van der Waals surface area contributed by atoms with E-state index < -0.39 is 5.97 Å². The van der Waals surface area contributed by atoms with E-state index in [4.69, 9.17) is 5.11 Å². The number of hydrogen-bond donors (Lipinski definition) is 2. The molecular weight excluding hydrogens is 249 g/mol. The first-order valence-corrected chi connectivity index (χ1v) is 5.70. The van der Waals surface area contributed by atoms with Crippen molar-refractivity contribution in [1.29, 1.82) is 0 Å². The molecule has 1 aliphatic rings. The molecule has 0 spiro atoms. The lowest BCUT2D eigenvalue weighted by atomic mass is 9.99. The van der Waals surface area contributed by atoms with Gasteiger partial charge in [0.2, 0.25) is 0 Å². The van der Waals surface area contributed by atoms with E-state index in [0.29, 0.717) is 6.04 Å². The highest BCUT2D eigenvalue weighted by Crippen LogP contribution is 2.19. The van der Waals surface area contributed by atoms with Gasteiger partial charge < -0.3 is 10.4 Å². The average molecular weight is 272 g/mol. The van der Waals surface area contributed by atoms with Gasteiger partial charge in [0, 0.05) is 6.04 Å². The maximum absolute atomic E-state index is 10.9. The first-order chi connectivity index (χ1) is 6.74. The lowest BCUT2D eigenvalue weighted by molar-refractivity contribution is -0.142. The molecule has 2 N–H and O–H groups in total. The number of carboxylic acids is 1. The van der Waals surface area contributed by atoms with Crippen LogP contribution in [-0.2, 0) is 4.79 Å². The Hall–Kier alpha value is 0.01000. The molecule has 0 amide bonds. The fourth-order valence-corrected chi connectivity index (χ4v) is 1.59. The monoisotopic (exact) mass is 271 g/mol. The van der Waals surface area contributed by atoms with Crippen molar-refractivity contribution in [2.45, 2.75) is 51.5 Å². The van der Waals surface area contributed by atoms with Gasteiger partial charge in [-0.25, -0.2) is 0 Å². The Balaban J connectivity index is 0. The van der Waals surface area contributed by atoms with Crippen molar-refractivity contribution >= 4 is 30.8 Å². The average Bonchev–Trinajstić information content (AvgIpc) is 2.94. The molecule has 0 bridgehead atoms. The smallest absolute Gasteiger partial charge is 0.306 e. The van der Waals surface area contributed by atoms with E-state index >= 15 is 0 Å². The van der Waals surface area contributed by atoms with Gasteiger partial charge in [-0.2, -0.15) is 0 Å². The highest BCUT2D eigenvalue weighted by Gasteiger charge is 2.22. The Morgan fingerprint density at radius 1 is 1.38 bits per heavy atom. The first kappa shape index (κ1) is 18.4. The number of hydrogen-bond acceptors (Lipinski definition) is 2. The molecule has 0 aromatic heterocycles. The Bertz CT molecular complexity index is 187. The van der Waals surface area contributed by atoms with Crippen molar-refractivity contribution in [3.63, 3.8) is 0 Å². The molecule has 0 aromatic rings. The molecular formula is C11H23Cl2NO2. The van der Waals surface area contributed by atoms with Crippen LogP contribution < -0.4 is 5.32 Å². The Kier molecular flexibility index (Phi) is 11.7. The molecule has 0 heterocycles. The zero-order valence-corrected chi connectivity index (χ0v) is 11.4. The van der Waals surface area contributed by atoms with Crippen LogP contribution >= 0.6 is 24.8 Å². The van der Waals surface area contributed by atoms with E-state index in [1.165, 1.54) is 12.8 Å². The van der Waals surface area contributed by atoms with Gasteiger partial charge in [-0.05, 0) is 32.2 Å². The molecule has 1 atom stereocenters. The van der Waals surface area contributed by atoms with Crippen LogP contribution in [0.4, 0.5) is 0 Å². The van der Waals surface area contributed by atoms with Gasteiger partial charge in [-0.15, -0.1) is 24.8 Å². The predicted octanol–water partition coefficient (Wildman–Crippen LogP) is 2.86. The van der Waals surface area contributed by atoms with Gasteiger partial charge in [0.05, 0.1) is 5.92 Å². The van der Waals surface area contributed by atoms with Crippen LogP contribution in [0, 0.1) is 5.92 Å². The molecule has 0 aromatic carbocycles. The molecule has 16 heavy (non-hydrogen) atoms. The predicted molar refractivity (Wildman–Crippen MR) is 70.8 cm³/mol. The number of halogens is 2. The molecule has 98 valence electrons. The normalized spacial score (nSPS) is 15.8. The number of rotatable bonds is 8. The third-order valence-electron chi connectivity index (χ3n) is 2.76. The van der Waals surface area contributed by atoms with E-state index in [9.17, 15) is 4.79 Å². The second-order valence-corrected chi connectivity index (χ2v) is 4.19. The largest absolute Gasteiger partial charge is 0.481 e. The van der Waals surface area contributed by atoms with Crippen LogP contribution in [-0.4, -0.2) is 23.7 Å². The number of carboxylic acid groups (broad SMARTS) is 1. The number of carbonyl (C=O) groups is 1. The molecule has 0 radical (unpaired) electrons. The van der Waals surface area contributed by atoms with Crippen LogP contribution in [0.15, 0.2) is 0 Å². The maximum atomic E-state index is 10.9. The quantitative estimate of drug-likeness (QED) is 0.714. The summed E-state index contributed by atoms with van der Waals surface area (Å²) in [6.07, 6.45) is 6.27. The molecule has 1 aliphatic carbocycles. The highest BCUT2D eigenvalue weighted by atomic mass is 35.5. The molecule has 1 unspecified atom stereocenters. The Morgan fingerprint density at radius 3 is 2.44 bits per heavy atom. The van der Waals surface area contributed by atoms with Crippen molar-refractivity contribution in [2.75, 3.05) is 6.54 Å². The fraction of sp³-hybridized carbons (Fsp3) is 0.909. The van der Waals surface area contributed by atoms with E-state index in [1.807, 2.05) is 0 Å².